The molecule has 0 aliphatic rings. The highest BCUT2D eigenvalue weighted by Gasteiger charge is 2.21. The number of aliphatic hydroxyl groups is 1. The highest BCUT2D eigenvalue weighted by Crippen LogP contribution is 2.20. The summed E-state index contributed by atoms with van der Waals surface area (Å²) in [6.45, 7) is 5.36. The van der Waals surface area contributed by atoms with Gasteiger partial charge in [0, 0.05) is 31.4 Å². The van der Waals surface area contributed by atoms with Crippen molar-refractivity contribution in [1.29, 1.82) is 0 Å². The van der Waals surface area contributed by atoms with Crippen molar-refractivity contribution in [3.05, 3.63) is 47.8 Å². The van der Waals surface area contributed by atoms with Crippen LogP contribution in [-0.2, 0) is 13.1 Å². The van der Waals surface area contributed by atoms with Crippen molar-refractivity contribution >= 4 is 5.91 Å². The molecule has 0 unspecified atom stereocenters. The van der Waals surface area contributed by atoms with Crippen LogP contribution in [0, 0.1) is 5.92 Å². The lowest BCUT2D eigenvalue weighted by molar-refractivity contribution is 0.0693. The van der Waals surface area contributed by atoms with Gasteiger partial charge in [0.2, 0.25) is 0 Å². The number of rotatable bonds is 8. The second kappa shape index (κ2) is 8.49. The Morgan fingerprint density at radius 2 is 2.08 bits per heavy atom. The van der Waals surface area contributed by atoms with E-state index in [2.05, 4.69) is 18.9 Å². The van der Waals surface area contributed by atoms with Crippen LogP contribution in [-0.4, -0.2) is 46.0 Å². The van der Waals surface area contributed by atoms with Crippen molar-refractivity contribution in [3.8, 4) is 5.75 Å². The van der Waals surface area contributed by atoms with E-state index in [0.29, 0.717) is 24.7 Å². The highest BCUT2D eigenvalue weighted by molar-refractivity contribution is 5.92. The van der Waals surface area contributed by atoms with Gasteiger partial charge in [0.15, 0.2) is 0 Å². The van der Waals surface area contributed by atoms with E-state index in [-0.39, 0.29) is 19.1 Å². The molecule has 0 fully saturated rings. The predicted molar refractivity (Wildman–Crippen MR) is 91.9 cm³/mol. The molecule has 0 spiro atoms. The van der Waals surface area contributed by atoms with Gasteiger partial charge in [0.25, 0.3) is 5.91 Å². The van der Waals surface area contributed by atoms with Crippen LogP contribution in [0.4, 0.5) is 0 Å². The fourth-order valence-electron chi connectivity index (χ4n) is 2.58. The molecule has 6 nitrogen and oxygen atoms in total. The molecule has 0 bridgehead atoms. The van der Waals surface area contributed by atoms with E-state index < -0.39 is 0 Å². The van der Waals surface area contributed by atoms with Crippen LogP contribution >= 0.6 is 0 Å². The van der Waals surface area contributed by atoms with E-state index in [9.17, 15) is 9.90 Å². The zero-order chi connectivity index (χ0) is 17.5. The lowest BCUT2D eigenvalue weighted by atomic mass is 10.1. The van der Waals surface area contributed by atoms with Gasteiger partial charge in [0.1, 0.15) is 11.4 Å². The largest absolute Gasteiger partial charge is 0.496 e. The molecule has 2 rings (SSSR count). The molecule has 2 aromatic rings. The molecular weight excluding hydrogens is 306 g/mol. The van der Waals surface area contributed by atoms with Gasteiger partial charge in [-0.25, -0.2) is 0 Å². The Morgan fingerprint density at radius 3 is 2.75 bits per heavy atom. The van der Waals surface area contributed by atoms with Crippen LogP contribution in [0.2, 0.25) is 0 Å². The summed E-state index contributed by atoms with van der Waals surface area (Å²) in [6, 6.07) is 9.29. The van der Waals surface area contributed by atoms with Crippen LogP contribution in [0.25, 0.3) is 0 Å². The topological polar surface area (TPSA) is 67.6 Å². The summed E-state index contributed by atoms with van der Waals surface area (Å²) in [6.07, 6.45) is 1.63. The second-order valence-corrected chi connectivity index (χ2v) is 6.05. The van der Waals surface area contributed by atoms with Crippen molar-refractivity contribution < 1.29 is 14.6 Å². The Morgan fingerprint density at radius 1 is 1.33 bits per heavy atom. The van der Waals surface area contributed by atoms with E-state index in [1.165, 1.54) is 0 Å². The third kappa shape index (κ3) is 4.35. The molecule has 0 aliphatic heterocycles. The van der Waals surface area contributed by atoms with Crippen molar-refractivity contribution in [2.75, 3.05) is 20.3 Å². The Bertz CT molecular complexity index is 667. The molecule has 24 heavy (non-hydrogen) atoms. The molecule has 6 heteroatoms. The van der Waals surface area contributed by atoms with Crippen LogP contribution in [0.3, 0.4) is 0 Å². The van der Waals surface area contributed by atoms with Gasteiger partial charge >= 0.3 is 0 Å². The number of benzene rings is 1. The van der Waals surface area contributed by atoms with Crippen LogP contribution in [0.5, 0.6) is 5.75 Å². The van der Waals surface area contributed by atoms with Gasteiger partial charge in [-0.2, -0.15) is 5.10 Å². The summed E-state index contributed by atoms with van der Waals surface area (Å²) >= 11 is 0. The Labute approximate surface area is 142 Å². The molecule has 0 radical (unpaired) electrons. The average Bonchev–Trinajstić information content (AvgIpc) is 3.01. The van der Waals surface area contributed by atoms with Crippen molar-refractivity contribution in [1.82, 2.24) is 14.7 Å². The predicted octanol–water partition coefficient (Wildman–Crippen LogP) is 2.18. The number of hydrogen-bond acceptors (Lipinski definition) is 4. The normalized spacial score (nSPS) is 10.9. The highest BCUT2D eigenvalue weighted by atomic mass is 16.5. The molecule has 0 atom stereocenters. The van der Waals surface area contributed by atoms with E-state index in [1.54, 1.807) is 29.0 Å². The quantitative estimate of drug-likeness (QED) is 0.805. The van der Waals surface area contributed by atoms with Gasteiger partial charge < -0.3 is 14.7 Å². The molecule has 1 aromatic carbocycles. The monoisotopic (exact) mass is 331 g/mol. The first kappa shape index (κ1) is 18.0. The Kier molecular flexibility index (Phi) is 6.37. The number of aliphatic hydroxyl groups excluding tert-OH is 1. The molecule has 1 N–H and O–H groups in total. The lowest BCUT2D eigenvalue weighted by Crippen LogP contribution is -2.35. The zero-order valence-corrected chi connectivity index (χ0v) is 14.5. The third-order valence-electron chi connectivity index (χ3n) is 3.68. The third-order valence-corrected chi connectivity index (χ3v) is 3.68. The number of carbonyl (C=O) groups excluding carboxylic acids is 1. The number of aromatic nitrogens is 2. The fourth-order valence-corrected chi connectivity index (χ4v) is 2.58. The number of methoxy groups -OCH3 is 1. The van der Waals surface area contributed by atoms with Crippen molar-refractivity contribution in [2.24, 2.45) is 5.92 Å². The van der Waals surface area contributed by atoms with Crippen LogP contribution in [0.15, 0.2) is 36.5 Å². The first-order valence-corrected chi connectivity index (χ1v) is 8.10. The minimum Gasteiger partial charge on any atom is -0.496 e. The molecule has 130 valence electrons. The summed E-state index contributed by atoms with van der Waals surface area (Å²) in [7, 11) is 1.61. The number of para-hydroxylation sites is 1. The molecule has 1 aromatic heterocycles. The molecule has 0 saturated heterocycles. The summed E-state index contributed by atoms with van der Waals surface area (Å²) in [4.78, 5) is 14.5. The first-order chi connectivity index (χ1) is 11.6. The van der Waals surface area contributed by atoms with Gasteiger partial charge in [0.05, 0.1) is 13.7 Å². The standard InChI is InChI=1S/C18H25N3O3/c1-14(2)12-21-16(8-9-19-21)18(23)20(10-11-22)13-15-6-4-5-7-17(15)24-3/h4-9,14,22H,10-13H2,1-3H3. The molecule has 0 saturated carbocycles. The van der Waals surface area contributed by atoms with Crippen LogP contribution in [0.1, 0.15) is 29.9 Å². The maximum Gasteiger partial charge on any atom is 0.272 e. The van der Waals surface area contributed by atoms with Crippen molar-refractivity contribution in [2.45, 2.75) is 26.9 Å². The molecular formula is C18H25N3O3. The lowest BCUT2D eigenvalue weighted by Gasteiger charge is -2.23. The van der Waals surface area contributed by atoms with E-state index in [4.69, 9.17) is 4.74 Å². The average molecular weight is 331 g/mol. The molecule has 1 amide bonds. The Hall–Kier alpha value is -2.34. The SMILES string of the molecule is COc1ccccc1CN(CCO)C(=O)c1ccnn1CC(C)C. The number of nitrogens with zero attached hydrogens (tertiary/aromatic N) is 3. The van der Waals surface area contributed by atoms with Crippen LogP contribution < -0.4 is 4.74 Å². The smallest absolute Gasteiger partial charge is 0.272 e. The van der Waals surface area contributed by atoms with E-state index >= 15 is 0 Å². The van der Waals surface area contributed by atoms with Gasteiger partial charge in [-0.05, 0) is 18.1 Å². The minimum absolute atomic E-state index is 0.0980. The summed E-state index contributed by atoms with van der Waals surface area (Å²) in [5.41, 5.74) is 1.43. The fraction of sp³-hybridized carbons (Fsp3) is 0.444. The number of ether oxygens (including phenoxy) is 1. The summed E-state index contributed by atoms with van der Waals surface area (Å²) < 4.78 is 7.07. The summed E-state index contributed by atoms with van der Waals surface area (Å²) in [5.74, 6) is 0.967. The molecule has 1 heterocycles. The van der Waals surface area contributed by atoms with E-state index in [0.717, 1.165) is 11.3 Å². The number of carbonyl (C=O) groups is 1. The maximum absolute atomic E-state index is 12.9. The second-order valence-electron chi connectivity index (χ2n) is 6.05. The zero-order valence-electron chi connectivity index (χ0n) is 14.5. The maximum atomic E-state index is 12.9. The minimum atomic E-state index is -0.145. The Balaban J connectivity index is 2.24. The molecule has 0 aliphatic carbocycles. The van der Waals surface area contributed by atoms with Crippen molar-refractivity contribution in [3.63, 3.8) is 0 Å². The first-order valence-electron chi connectivity index (χ1n) is 8.10. The van der Waals surface area contributed by atoms with Gasteiger partial charge in [-0.15, -0.1) is 0 Å². The number of hydrogen-bond donors (Lipinski definition) is 1. The van der Waals surface area contributed by atoms with E-state index in [1.807, 2.05) is 24.3 Å². The number of amides is 1. The summed E-state index contributed by atoms with van der Waals surface area (Å²) in [5, 5.41) is 13.6. The van der Waals surface area contributed by atoms with Gasteiger partial charge in [-0.1, -0.05) is 32.0 Å². The van der Waals surface area contributed by atoms with Gasteiger partial charge in [-0.3, -0.25) is 9.48 Å².